The zero-order chi connectivity index (χ0) is 17.6. The smallest absolute Gasteiger partial charge is 0.345 e. The van der Waals surface area contributed by atoms with Gasteiger partial charge in [0.2, 0.25) is 0 Å². The minimum absolute atomic E-state index is 0.0577. The van der Waals surface area contributed by atoms with E-state index in [1.807, 2.05) is 30.3 Å². The first-order valence-electron chi connectivity index (χ1n) is 7.30. The number of nitro groups is 1. The molecule has 0 radical (unpaired) electrons. The van der Waals surface area contributed by atoms with Crippen LogP contribution in [0.2, 0.25) is 0 Å². The number of ether oxygens (including phenoxy) is 1. The Labute approximate surface area is 147 Å². The van der Waals surface area contributed by atoms with Crippen LogP contribution in [0, 0.1) is 10.1 Å². The van der Waals surface area contributed by atoms with E-state index in [9.17, 15) is 14.9 Å². The van der Waals surface area contributed by atoms with Gasteiger partial charge in [-0.25, -0.2) is 9.78 Å². The molecular formula is C17H13N3O4S. The largest absolute Gasteiger partial charge is 0.455 e. The van der Waals surface area contributed by atoms with E-state index in [-0.39, 0.29) is 17.9 Å². The fraction of sp³-hybridized carbons (Fsp3) is 0.0588. The lowest BCUT2D eigenvalue weighted by atomic mass is 10.2. The summed E-state index contributed by atoms with van der Waals surface area (Å²) in [7, 11) is 0. The highest BCUT2D eigenvalue weighted by Crippen LogP contribution is 2.22. The van der Waals surface area contributed by atoms with Crippen molar-refractivity contribution < 1.29 is 14.5 Å². The quantitative estimate of drug-likeness (QED) is 0.405. The molecule has 0 fully saturated rings. The number of thiazole rings is 1. The molecule has 0 amide bonds. The second-order valence-electron chi connectivity index (χ2n) is 4.99. The third kappa shape index (κ3) is 4.18. The highest BCUT2D eigenvalue weighted by molar-refractivity contribution is 7.13. The van der Waals surface area contributed by atoms with Crippen molar-refractivity contribution in [2.75, 3.05) is 5.32 Å². The van der Waals surface area contributed by atoms with E-state index in [1.54, 1.807) is 11.4 Å². The number of hydrogen-bond acceptors (Lipinski definition) is 7. The van der Waals surface area contributed by atoms with Gasteiger partial charge in [-0.1, -0.05) is 30.3 Å². The summed E-state index contributed by atoms with van der Waals surface area (Å²) in [6, 6.07) is 15.2. The van der Waals surface area contributed by atoms with Gasteiger partial charge in [-0.2, -0.15) is 0 Å². The highest BCUT2D eigenvalue weighted by Gasteiger charge is 2.20. The van der Waals surface area contributed by atoms with Crippen LogP contribution in [0.4, 0.5) is 16.5 Å². The van der Waals surface area contributed by atoms with Crippen LogP contribution in [0.5, 0.6) is 0 Å². The summed E-state index contributed by atoms with van der Waals surface area (Å²) in [6.45, 7) is -0.0577. The van der Waals surface area contributed by atoms with Crippen LogP contribution in [-0.4, -0.2) is 15.9 Å². The van der Waals surface area contributed by atoms with Gasteiger partial charge in [-0.3, -0.25) is 10.1 Å². The van der Waals surface area contributed by atoms with Crippen molar-refractivity contribution in [3.63, 3.8) is 0 Å². The zero-order valence-electron chi connectivity index (χ0n) is 12.9. The number of nitrogens with zero attached hydrogens (tertiary/aromatic N) is 2. The number of esters is 1. The molecule has 0 aliphatic carbocycles. The summed E-state index contributed by atoms with van der Waals surface area (Å²) in [5, 5.41) is 16.5. The van der Waals surface area contributed by atoms with Crippen molar-refractivity contribution in [3.05, 3.63) is 81.3 Å². The van der Waals surface area contributed by atoms with E-state index >= 15 is 0 Å². The summed E-state index contributed by atoms with van der Waals surface area (Å²) < 4.78 is 5.14. The van der Waals surface area contributed by atoms with Gasteiger partial charge in [0.05, 0.1) is 10.6 Å². The maximum atomic E-state index is 12.1. The summed E-state index contributed by atoms with van der Waals surface area (Å²) in [6.07, 6.45) is 0. The molecule has 25 heavy (non-hydrogen) atoms. The van der Waals surface area contributed by atoms with Gasteiger partial charge in [0, 0.05) is 17.1 Å². The van der Waals surface area contributed by atoms with Crippen molar-refractivity contribution in [3.8, 4) is 0 Å². The number of nitro benzene ring substituents is 1. The van der Waals surface area contributed by atoms with Crippen LogP contribution >= 0.6 is 11.3 Å². The number of rotatable bonds is 6. The lowest BCUT2D eigenvalue weighted by molar-refractivity contribution is -0.385. The topological polar surface area (TPSA) is 94.4 Å². The van der Waals surface area contributed by atoms with Gasteiger partial charge >= 0.3 is 5.97 Å². The molecule has 0 unspecified atom stereocenters. The van der Waals surface area contributed by atoms with Gasteiger partial charge in [-0.05, 0) is 18.2 Å². The Bertz CT molecular complexity index is 896. The molecule has 2 aromatic carbocycles. The number of benzene rings is 2. The van der Waals surface area contributed by atoms with Gasteiger partial charge < -0.3 is 10.1 Å². The number of nitrogens with one attached hydrogen (secondary N) is 1. The Balaban J connectivity index is 1.63. The molecule has 3 rings (SSSR count). The molecule has 7 nitrogen and oxygen atoms in total. The SMILES string of the molecule is O=C(OCc1csc(Nc2ccccc2)n1)c1ccccc1[N+](=O)[O-]. The second-order valence-corrected chi connectivity index (χ2v) is 5.84. The highest BCUT2D eigenvalue weighted by atomic mass is 32.1. The van der Waals surface area contributed by atoms with Crippen molar-refractivity contribution in [1.82, 2.24) is 4.98 Å². The molecule has 126 valence electrons. The molecule has 0 aliphatic rings. The van der Waals surface area contributed by atoms with E-state index in [0.717, 1.165) is 5.69 Å². The first-order valence-corrected chi connectivity index (χ1v) is 8.18. The molecule has 0 aliphatic heterocycles. The monoisotopic (exact) mass is 355 g/mol. The molecule has 0 saturated carbocycles. The number of carbonyl (C=O) groups excluding carboxylic acids is 1. The predicted molar refractivity (Wildman–Crippen MR) is 94.1 cm³/mol. The van der Waals surface area contributed by atoms with Crippen LogP contribution in [0.25, 0.3) is 0 Å². The lowest BCUT2D eigenvalue weighted by Crippen LogP contribution is -2.08. The van der Waals surface area contributed by atoms with Crippen molar-refractivity contribution in [2.24, 2.45) is 0 Å². The van der Waals surface area contributed by atoms with Gasteiger partial charge in [0.25, 0.3) is 5.69 Å². The molecule has 1 aromatic heterocycles. The number of anilines is 2. The normalized spacial score (nSPS) is 10.2. The fourth-order valence-corrected chi connectivity index (χ4v) is 2.81. The molecule has 1 heterocycles. The van der Waals surface area contributed by atoms with Crippen molar-refractivity contribution >= 4 is 33.8 Å². The summed E-state index contributed by atoms with van der Waals surface area (Å²) in [5.74, 6) is -0.752. The van der Waals surface area contributed by atoms with Gasteiger partial charge in [0.1, 0.15) is 12.2 Å². The standard InChI is InChI=1S/C17H13N3O4S/c21-16(14-8-4-5-9-15(14)20(22)23)24-10-13-11-25-17(19-13)18-12-6-2-1-3-7-12/h1-9,11H,10H2,(H,18,19). The van der Waals surface area contributed by atoms with E-state index in [4.69, 9.17) is 4.74 Å². The Morgan fingerprint density at radius 3 is 2.64 bits per heavy atom. The molecule has 0 atom stereocenters. The molecule has 0 saturated heterocycles. The van der Waals surface area contributed by atoms with Crippen molar-refractivity contribution in [2.45, 2.75) is 6.61 Å². The minimum Gasteiger partial charge on any atom is -0.455 e. The number of para-hydroxylation sites is 2. The van der Waals surface area contributed by atoms with Crippen LogP contribution in [0.15, 0.2) is 60.0 Å². The van der Waals surface area contributed by atoms with Crippen LogP contribution in [-0.2, 0) is 11.3 Å². The Morgan fingerprint density at radius 2 is 1.88 bits per heavy atom. The number of carbonyl (C=O) groups is 1. The number of hydrogen-bond donors (Lipinski definition) is 1. The summed E-state index contributed by atoms with van der Waals surface area (Å²) in [4.78, 5) is 26.7. The average molecular weight is 355 g/mol. The zero-order valence-corrected chi connectivity index (χ0v) is 13.7. The Kier molecular flexibility index (Phi) is 5.00. The second kappa shape index (κ2) is 7.54. The molecule has 0 bridgehead atoms. The van der Waals surface area contributed by atoms with E-state index < -0.39 is 10.9 Å². The van der Waals surface area contributed by atoms with E-state index in [0.29, 0.717) is 10.8 Å². The Hall–Kier alpha value is -3.26. The first-order chi connectivity index (χ1) is 12.1. The summed E-state index contributed by atoms with van der Waals surface area (Å²) >= 11 is 1.38. The summed E-state index contributed by atoms with van der Waals surface area (Å²) in [5.41, 5.74) is 1.11. The lowest BCUT2D eigenvalue weighted by Gasteiger charge is -2.04. The molecule has 8 heteroatoms. The van der Waals surface area contributed by atoms with E-state index in [1.165, 1.54) is 29.5 Å². The maximum absolute atomic E-state index is 12.1. The number of aromatic nitrogens is 1. The minimum atomic E-state index is -0.752. The van der Waals surface area contributed by atoms with Crippen molar-refractivity contribution in [1.29, 1.82) is 0 Å². The van der Waals surface area contributed by atoms with E-state index in [2.05, 4.69) is 10.3 Å². The fourth-order valence-electron chi connectivity index (χ4n) is 2.10. The van der Waals surface area contributed by atoms with Crippen LogP contribution < -0.4 is 5.32 Å². The maximum Gasteiger partial charge on any atom is 0.345 e. The Morgan fingerprint density at radius 1 is 1.16 bits per heavy atom. The molecule has 0 spiro atoms. The van der Waals surface area contributed by atoms with Crippen LogP contribution in [0.1, 0.15) is 16.1 Å². The molecule has 1 N–H and O–H groups in total. The predicted octanol–water partition coefficient (Wildman–Crippen LogP) is 4.15. The average Bonchev–Trinajstić information content (AvgIpc) is 3.08. The van der Waals surface area contributed by atoms with Crippen LogP contribution in [0.3, 0.4) is 0 Å². The third-order valence-corrected chi connectivity index (χ3v) is 4.06. The first kappa shape index (κ1) is 16.6. The third-order valence-electron chi connectivity index (χ3n) is 3.25. The molecular weight excluding hydrogens is 342 g/mol. The molecule has 3 aromatic rings. The van der Waals surface area contributed by atoms with Gasteiger partial charge in [-0.15, -0.1) is 11.3 Å². The van der Waals surface area contributed by atoms with Gasteiger partial charge in [0.15, 0.2) is 5.13 Å².